The van der Waals surface area contributed by atoms with E-state index in [1.54, 1.807) is 0 Å². The van der Waals surface area contributed by atoms with Crippen molar-refractivity contribution in [2.75, 3.05) is 20.1 Å². The van der Waals surface area contributed by atoms with Gasteiger partial charge >= 0.3 is 0 Å². The second kappa shape index (κ2) is 5.96. The van der Waals surface area contributed by atoms with Crippen LogP contribution >= 0.6 is 0 Å². The second-order valence-corrected chi connectivity index (χ2v) is 6.23. The zero-order chi connectivity index (χ0) is 13.9. The zero-order valence-electron chi connectivity index (χ0n) is 12.3. The number of hydrogen-bond donors (Lipinski definition) is 1. The minimum Gasteiger partial charge on any atom is -0.349 e. The average molecular weight is 272 g/mol. The molecule has 0 saturated carbocycles. The fourth-order valence-corrected chi connectivity index (χ4v) is 3.46. The molecule has 0 spiro atoms. The van der Waals surface area contributed by atoms with Crippen LogP contribution in [0.4, 0.5) is 0 Å². The summed E-state index contributed by atoms with van der Waals surface area (Å²) in [5.41, 5.74) is 2.74. The fourth-order valence-electron chi connectivity index (χ4n) is 3.46. The summed E-state index contributed by atoms with van der Waals surface area (Å²) in [5.74, 6) is 0.472. The number of carbonyl (C=O) groups is 1. The average Bonchev–Trinajstić information content (AvgIpc) is 2.48. The number of benzene rings is 1. The van der Waals surface area contributed by atoms with Crippen LogP contribution in [0.2, 0.25) is 0 Å². The van der Waals surface area contributed by atoms with Crippen molar-refractivity contribution in [3.05, 3.63) is 35.4 Å². The molecule has 1 saturated heterocycles. The maximum absolute atomic E-state index is 12.5. The van der Waals surface area contributed by atoms with Gasteiger partial charge in [0.15, 0.2) is 0 Å². The molecule has 1 amide bonds. The smallest absolute Gasteiger partial charge is 0.223 e. The van der Waals surface area contributed by atoms with Crippen LogP contribution in [0.25, 0.3) is 0 Å². The summed E-state index contributed by atoms with van der Waals surface area (Å²) in [6.45, 7) is 2.08. The number of carbonyl (C=O) groups excluding carboxylic acids is 1. The Morgan fingerprint density at radius 1 is 1.20 bits per heavy atom. The highest BCUT2D eigenvalue weighted by Gasteiger charge is 2.27. The number of aryl methyl sites for hydroxylation is 1. The topological polar surface area (TPSA) is 32.3 Å². The van der Waals surface area contributed by atoms with Gasteiger partial charge in [-0.1, -0.05) is 24.3 Å². The molecule has 1 N–H and O–H groups in total. The van der Waals surface area contributed by atoms with Crippen LogP contribution in [0.3, 0.4) is 0 Å². The van der Waals surface area contributed by atoms with E-state index in [9.17, 15) is 4.79 Å². The van der Waals surface area contributed by atoms with Crippen molar-refractivity contribution in [1.29, 1.82) is 0 Å². The van der Waals surface area contributed by atoms with E-state index in [1.807, 2.05) is 0 Å². The number of fused-ring (bicyclic) bond motifs is 1. The van der Waals surface area contributed by atoms with Crippen molar-refractivity contribution in [2.45, 2.75) is 38.1 Å². The second-order valence-electron chi connectivity index (χ2n) is 6.23. The molecule has 1 unspecified atom stereocenters. The van der Waals surface area contributed by atoms with Crippen molar-refractivity contribution in [2.24, 2.45) is 5.92 Å². The Morgan fingerprint density at radius 3 is 2.75 bits per heavy atom. The number of rotatable bonds is 2. The van der Waals surface area contributed by atoms with E-state index in [-0.39, 0.29) is 17.9 Å². The van der Waals surface area contributed by atoms with E-state index < -0.39 is 0 Å². The quantitative estimate of drug-likeness (QED) is 0.897. The van der Waals surface area contributed by atoms with Crippen LogP contribution in [0.5, 0.6) is 0 Å². The van der Waals surface area contributed by atoms with E-state index in [4.69, 9.17) is 0 Å². The van der Waals surface area contributed by atoms with Crippen LogP contribution in [0.15, 0.2) is 24.3 Å². The Bertz CT molecular complexity index is 478. The first-order chi connectivity index (χ1) is 9.74. The monoisotopic (exact) mass is 272 g/mol. The maximum Gasteiger partial charge on any atom is 0.223 e. The Morgan fingerprint density at radius 2 is 1.95 bits per heavy atom. The molecule has 3 heteroatoms. The summed E-state index contributed by atoms with van der Waals surface area (Å²) in [6.07, 6.45) is 5.40. The molecule has 0 radical (unpaired) electrons. The Kier molecular flexibility index (Phi) is 4.06. The van der Waals surface area contributed by atoms with Crippen LogP contribution < -0.4 is 5.32 Å². The van der Waals surface area contributed by atoms with Gasteiger partial charge in [0.1, 0.15) is 0 Å². The predicted octanol–water partition coefficient (Wildman–Crippen LogP) is 2.52. The van der Waals surface area contributed by atoms with Crippen LogP contribution in [-0.2, 0) is 11.2 Å². The summed E-state index contributed by atoms with van der Waals surface area (Å²) in [4.78, 5) is 14.8. The Balaban J connectivity index is 1.65. The molecule has 108 valence electrons. The minimum absolute atomic E-state index is 0.209. The largest absolute Gasteiger partial charge is 0.349 e. The lowest BCUT2D eigenvalue weighted by Gasteiger charge is -2.31. The lowest BCUT2D eigenvalue weighted by molar-refractivity contribution is -0.127. The molecule has 2 aliphatic rings. The van der Waals surface area contributed by atoms with Gasteiger partial charge in [-0.2, -0.15) is 0 Å². The van der Waals surface area contributed by atoms with Crippen LogP contribution in [0, 0.1) is 5.92 Å². The molecule has 1 aliphatic carbocycles. The van der Waals surface area contributed by atoms with Gasteiger partial charge in [0.05, 0.1) is 6.04 Å². The lowest BCUT2D eigenvalue weighted by Crippen LogP contribution is -2.40. The molecule has 0 bridgehead atoms. The molecule has 1 aromatic rings. The highest BCUT2D eigenvalue weighted by atomic mass is 16.1. The van der Waals surface area contributed by atoms with Crippen molar-refractivity contribution in [1.82, 2.24) is 10.2 Å². The number of likely N-dealkylation sites (tertiary alicyclic amines) is 1. The molecule has 1 aliphatic heterocycles. The van der Waals surface area contributed by atoms with E-state index in [0.29, 0.717) is 0 Å². The Labute approximate surface area is 121 Å². The van der Waals surface area contributed by atoms with Gasteiger partial charge in [0.25, 0.3) is 0 Å². The van der Waals surface area contributed by atoms with Crippen molar-refractivity contribution in [3.8, 4) is 0 Å². The summed E-state index contributed by atoms with van der Waals surface area (Å²) in [5, 5.41) is 3.30. The van der Waals surface area contributed by atoms with Gasteiger partial charge in [0.2, 0.25) is 5.91 Å². The van der Waals surface area contributed by atoms with Crippen molar-refractivity contribution >= 4 is 5.91 Å². The van der Waals surface area contributed by atoms with Gasteiger partial charge in [-0.25, -0.2) is 0 Å². The molecule has 1 aromatic carbocycles. The summed E-state index contributed by atoms with van der Waals surface area (Å²) < 4.78 is 0. The molecule has 1 atom stereocenters. The molecule has 1 fully saturated rings. The standard InChI is InChI=1S/C17H24N2O/c1-19-11-9-14(10-12-19)17(20)18-16-8-4-6-13-5-2-3-7-15(13)16/h2-3,5,7,14,16H,4,6,8-12H2,1H3,(H,18,20). The van der Waals surface area contributed by atoms with Gasteiger partial charge < -0.3 is 10.2 Å². The third-order valence-electron chi connectivity index (χ3n) is 4.78. The number of hydrogen-bond acceptors (Lipinski definition) is 2. The van der Waals surface area contributed by atoms with Gasteiger partial charge in [0, 0.05) is 5.92 Å². The molecule has 3 rings (SSSR count). The van der Waals surface area contributed by atoms with E-state index in [0.717, 1.165) is 38.8 Å². The van der Waals surface area contributed by atoms with Crippen molar-refractivity contribution < 1.29 is 4.79 Å². The summed E-state index contributed by atoms with van der Waals surface area (Å²) >= 11 is 0. The number of nitrogens with one attached hydrogen (secondary N) is 1. The lowest BCUT2D eigenvalue weighted by atomic mass is 9.87. The van der Waals surface area contributed by atoms with E-state index in [2.05, 4.69) is 41.5 Å². The SMILES string of the molecule is CN1CCC(C(=O)NC2CCCc3ccccc32)CC1. The van der Waals surface area contributed by atoms with Crippen molar-refractivity contribution in [3.63, 3.8) is 0 Å². The maximum atomic E-state index is 12.5. The highest BCUT2D eigenvalue weighted by molar-refractivity contribution is 5.79. The van der Waals surface area contributed by atoms with Crippen LogP contribution in [-0.4, -0.2) is 30.9 Å². The predicted molar refractivity (Wildman–Crippen MR) is 80.5 cm³/mol. The zero-order valence-corrected chi connectivity index (χ0v) is 12.3. The van der Waals surface area contributed by atoms with Gasteiger partial charge in [-0.05, 0) is 63.4 Å². The first kappa shape index (κ1) is 13.6. The molecule has 0 aromatic heterocycles. The fraction of sp³-hybridized carbons (Fsp3) is 0.588. The molecule has 20 heavy (non-hydrogen) atoms. The first-order valence-corrected chi connectivity index (χ1v) is 7.81. The van der Waals surface area contributed by atoms with E-state index >= 15 is 0 Å². The van der Waals surface area contributed by atoms with Crippen LogP contribution in [0.1, 0.15) is 42.9 Å². The number of piperidine rings is 1. The van der Waals surface area contributed by atoms with E-state index in [1.165, 1.54) is 17.5 Å². The molecular weight excluding hydrogens is 248 g/mol. The highest BCUT2D eigenvalue weighted by Crippen LogP contribution is 2.30. The number of amides is 1. The Hall–Kier alpha value is -1.35. The van der Waals surface area contributed by atoms with Gasteiger partial charge in [-0.15, -0.1) is 0 Å². The third-order valence-corrected chi connectivity index (χ3v) is 4.78. The minimum atomic E-state index is 0.209. The first-order valence-electron chi connectivity index (χ1n) is 7.81. The molecular formula is C17H24N2O. The molecule has 1 heterocycles. The van der Waals surface area contributed by atoms with Gasteiger partial charge in [-0.3, -0.25) is 4.79 Å². The normalized spacial score (nSPS) is 24.1. The third kappa shape index (κ3) is 2.88. The number of nitrogens with zero attached hydrogens (tertiary/aromatic N) is 1. The summed E-state index contributed by atoms with van der Waals surface area (Å²) in [7, 11) is 2.13. The summed E-state index contributed by atoms with van der Waals surface area (Å²) in [6, 6.07) is 8.78. The molecule has 3 nitrogen and oxygen atoms in total.